The average molecular weight is 985 g/mol. The molecule has 0 aliphatic rings. The molecule has 0 spiro atoms. The third-order valence-electron chi connectivity index (χ3n) is 14.4. The highest BCUT2D eigenvalue weighted by Crippen LogP contribution is 2.18. The number of carbonyl (C=O) groups is 2. The standard InChI is InChI=1S/C64H121NO5/c1-3-5-7-9-11-13-15-17-30-34-38-42-46-50-54-58-64(69)70-59-55-51-47-43-39-35-32-29-27-25-23-21-19-18-20-22-24-26-28-31-33-37-41-45-49-53-57-63(68)65-61(60-66)62(67)56-52-48-44-40-36-16-14-12-10-8-6-4-2/h11,13,17,30,52,56,61-62,66-67H,3-10,12,14-16,18-29,31-51,53-55,57-60H2,1-2H3,(H,65,68)/b13-11-,30-17-,56-52+/t61-,62+/m0/s1. The van der Waals surface area contributed by atoms with Crippen LogP contribution in [0.2, 0.25) is 0 Å². The lowest BCUT2D eigenvalue weighted by molar-refractivity contribution is -0.143. The number of ether oxygens (including phenoxy) is 1. The molecule has 0 aliphatic carbocycles. The molecule has 6 nitrogen and oxygen atoms in total. The van der Waals surface area contributed by atoms with Crippen LogP contribution in [0.4, 0.5) is 0 Å². The fourth-order valence-corrected chi connectivity index (χ4v) is 9.61. The van der Waals surface area contributed by atoms with E-state index in [4.69, 9.17) is 4.74 Å². The van der Waals surface area contributed by atoms with Crippen molar-refractivity contribution in [2.24, 2.45) is 0 Å². The molecule has 0 unspecified atom stereocenters. The van der Waals surface area contributed by atoms with Crippen molar-refractivity contribution in [3.8, 4) is 0 Å². The van der Waals surface area contributed by atoms with Crippen LogP contribution in [0, 0.1) is 0 Å². The van der Waals surface area contributed by atoms with Gasteiger partial charge in [0.05, 0.1) is 25.4 Å². The van der Waals surface area contributed by atoms with Gasteiger partial charge in [0, 0.05) is 12.8 Å². The van der Waals surface area contributed by atoms with Crippen molar-refractivity contribution in [3.05, 3.63) is 36.5 Å². The molecule has 6 heteroatoms. The van der Waals surface area contributed by atoms with Crippen LogP contribution in [0.3, 0.4) is 0 Å². The maximum atomic E-state index is 12.4. The molecule has 0 radical (unpaired) electrons. The Balaban J connectivity index is 3.36. The molecule has 1 amide bonds. The number of rotatable bonds is 58. The van der Waals surface area contributed by atoms with Crippen LogP contribution in [0.25, 0.3) is 0 Å². The Hall–Kier alpha value is -1.92. The summed E-state index contributed by atoms with van der Waals surface area (Å²) in [4.78, 5) is 24.5. The van der Waals surface area contributed by atoms with Gasteiger partial charge < -0.3 is 20.3 Å². The normalized spacial score (nSPS) is 12.8. The van der Waals surface area contributed by atoms with Gasteiger partial charge >= 0.3 is 5.97 Å². The minimum absolute atomic E-state index is 0.00272. The van der Waals surface area contributed by atoms with Gasteiger partial charge in [-0.1, -0.05) is 294 Å². The zero-order valence-electron chi connectivity index (χ0n) is 47.0. The Morgan fingerprint density at radius 2 is 0.714 bits per heavy atom. The lowest BCUT2D eigenvalue weighted by atomic mass is 10.0. The highest BCUT2D eigenvalue weighted by molar-refractivity contribution is 5.76. The average Bonchev–Trinajstić information content (AvgIpc) is 3.36. The summed E-state index contributed by atoms with van der Waals surface area (Å²) >= 11 is 0. The number of hydrogen-bond acceptors (Lipinski definition) is 5. The topological polar surface area (TPSA) is 95.9 Å². The first-order valence-corrected chi connectivity index (χ1v) is 31.3. The molecular weight excluding hydrogens is 863 g/mol. The van der Waals surface area contributed by atoms with E-state index in [1.54, 1.807) is 6.08 Å². The number of aliphatic hydroxyl groups is 2. The summed E-state index contributed by atoms with van der Waals surface area (Å²) in [5.41, 5.74) is 0. The summed E-state index contributed by atoms with van der Waals surface area (Å²) in [6.07, 6.45) is 74.8. The van der Waals surface area contributed by atoms with Crippen molar-refractivity contribution >= 4 is 11.9 Å². The Bertz CT molecular complexity index is 1130. The van der Waals surface area contributed by atoms with E-state index in [1.165, 1.54) is 257 Å². The molecule has 412 valence electrons. The summed E-state index contributed by atoms with van der Waals surface area (Å²) in [6.45, 7) is 4.88. The highest BCUT2D eigenvalue weighted by Gasteiger charge is 2.18. The number of carbonyl (C=O) groups excluding carboxylic acids is 2. The van der Waals surface area contributed by atoms with E-state index in [1.807, 2.05) is 6.08 Å². The molecule has 0 aromatic heterocycles. The van der Waals surface area contributed by atoms with Crippen LogP contribution < -0.4 is 5.32 Å². The highest BCUT2D eigenvalue weighted by atomic mass is 16.5. The van der Waals surface area contributed by atoms with Crippen molar-refractivity contribution in [1.29, 1.82) is 0 Å². The first-order valence-electron chi connectivity index (χ1n) is 31.3. The Labute approximate surface area is 436 Å². The first kappa shape index (κ1) is 68.1. The van der Waals surface area contributed by atoms with E-state index < -0.39 is 12.1 Å². The second-order valence-electron chi connectivity index (χ2n) is 21.4. The smallest absolute Gasteiger partial charge is 0.305 e. The van der Waals surface area contributed by atoms with Gasteiger partial charge in [0.2, 0.25) is 5.91 Å². The van der Waals surface area contributed by atoms with Crippen molar-refractivity contribution < 1.29 is 24.5 Å². The monoisotopic (exact) mass is 984 g/mol. The van der Waals surface area contributed by atoms with E-state index in [-0.39, 0.29) is 18.5 Å². The maximum Gasteiger partial charge on any atom is 0.305 e. The minimum Gasteiger partial charge on any atom is -0.466 e. The predicted molar refractivity (Wildman–Crippen MR) is 306 cm³/mol. The molecule has 0 bridgehead atoms. The van der Waals surface area contributed by atoms with Gasteiger partial charge in [-0.05, 0) is 64.2 Å². The summed E-state index contributed by atoms with van der Waals surface area (Å²) in [5.74, 6) is -0.0632. The van der Waals surface area contributed by atoms with E-state index in [0.29, 0.717) is 19.4 Å². The second kappa shape index (κ2) is 59.6. The van der Waals surface area contributed by atoms with Gasteiger partial charge in [-0.3, -0.25) is 9.59 Å². The third-order valence-corrected chi connectivity index (χ3v) is 14.4. The number of aliphatic hydroxyl groups excluding tert-OH is 2. The van der Waals surface area contributed by atoms with Crippen LogP contribution in [-0.2, 0) is 14.3 Å². The van der Waals surface area contributed by atoms with Crippen molar-refractivity contribution in [3.63, 3.8) is 0 Å². The minimum atomic E-state index is -0.842. The van der Waals surface area contributed by atoms with E-state index in [9.17, 15) is 19.8 Å². The van der Waals surface area contributed by atoms with Crippen LogP contribution in [0.15, 0.2) is 36.5 Å². The first-order chi connectivity index (χ1) is 34.5. The number of hydrogen-bond donors (Lipinski definition) is 3. The zero-order valence-corrected chi connectivity index (χ0v) is 47.0. The molecule has 0 aliphatic heterocycles. The van der Waals surface area contributed by atoms with Crippen LogP contribution in [-0.4, -0.2) is 47.4 Å². The van der Waals surface area contributed by atoms with Crippen LogP contribution in [0.5, 0.6) is 0 Å². The summed E-state index contributed by atoms with van der Waals surface area (Å²) in [5, 5.41) is 23.1. The summed E-state index contributed by atoms with van der Waals surface area (Å²) in [7, 11) is 0. The SMILES string of the molecule is CCCCC/C=C\C/C=C\CCCCCCCC(=O)OCCCCCCCCCCCCCCCCCCCCCCCCCCCCC(=O)N[C@@H](CO)[C@H](O)/C=C/CCCCCCCCCCCC. The number of esters is 1. The largest absolute Gasteiger partial charge is 0.466 e. The molecule has 2 atom stereocenters. The number of unbranched alkanes of at least 4 members (excludes halogenated alkanes) is 43. The quantitative estimate of drug-likeness (QED) is 0.0321. The van der Waals surface area contributed by atoms with E-state index in [0.717, 1.165) is 51.4 Å². The molecule has 70 heavy (non-hydrogen) atoms. The molecule has 3 N–H and O–H groups in total. The third kappa shape index (κ3) is 55.4. The Morgan fingerprint density at radius 1 is 0.400 bits per heavy atom. The van der Waals surface area contributed by atoms with E-state index in [2.05, 4.69) is 43.5 Å². The number of allylic oxidation sites excluding steroid dienone is 5. The molecule has 0 saturated carbocycles. The van der Waals surface area contributed by atoms with E-state index >= 15 is 0 Å². The molecule has 0 aromatic rings. The molecule has 0 fully saturated rings. The van der Waals surface area contributed by atoms with Gasteiger partial charge in [-0.25, -0.2) is 0 Å². The van der Waals surface area contributed by atoms with Gasteiger partial charge in [0.15, 0.2) is 0 Å². The lowest BCUT2D eigenvalue weighted by Gasteiger charge is -2.20. The zero-order chi connectivity index (χ0) is 50.7. The molecule has 0 aromatic carbocycles. The van der Waals surface area contributed by atoms with Crippen LogP contribution in [0.1, 0.15) is 335 Å². The Kier molecular flexibility index (Phi) is 58.0. The van der Waals surface area contributed by atoms with Gasteiger partial charge in [0.1, 0.15) is 0 Å². The van der Waals surface area contributed by atoms with Crippen molar-refractivity contribution in [2.45, 2.75) is 347 Å². The number of amides is 1. The fourth-order valence-electron chi connectivity index (χ4n) is 9.61. The van der Waals surface area contributed by atoms with Crippen LogP contribution >= 0.6 is 0 Å². The Morgan fingerprint density at radius 3 is 1.11 bits per heavy atom. The second-order valence-corrected chi connectivity index (χ2v) is 21.4. The summed E-state index contributed by atoms with van der Waals surface area (Å²) < 4.78 is 5.48. The molecule has 0 rings (SSSR count). The summed E-state index contributed by atoms with van der Waals surface area (Å²) in [6, 6.07) is -0.625. The van der Waals surface area contributed by atoms with Gasteiger partial charge in [-0.15, -0.1) is 0 Å². The predicted octanol–water partition coefficient (Wildman–Crippen LogP) is 19.6. The maximum absolute atomic E-state index is 12.4. The lowest BCUT2D eigenvalue weighted by Crippen LogP contribution is -2.45. The molecule has 0 heterocycles. The van der Waals surface area contributed by atoms with Crippen molar-refractivity contribution in [2.75, 3.05) is 13.2 Å². The fraction of sp³-hybridized carbons (Fsp3) is 0.875. The number of nitrogens with one attached hydrogen (secondary N) is 1. The van der Waals surface area contributed by atoms with Gasteiger partial charge in [-0.2, -0.15) is 0 Å². The van der Waals surface area contributed by atoms with Gasteiger partial charge in [0.25, 0.3) is 0 Å². The van der Waals surface area contributed by atoms with Crippen molar-refractivity contribution in [1.82, 2.24) is 5.32 Å². The molecule has 0 saturated heterocycles. The molecular formula is C64H121NO5.